The molecule has 12 aromatic heterocycles. The van der Waals surface area contributed by atoms with Crippen molar-refractivity contribution < 1.29 is 0 Å². The third-order valence-corrected chi connectivity index (χ3v) is 25.3. The fourth-order valence-electron chi connectivity index (χ4n) is 20.3. The molecule has 12 nitrogen and oxygen atoms in total. The van der Waals surface area contributed by atoms with Crippen LogP contribution in [0.15, 0.2) is 376 Å². The molecule has 29 aromatic rings. The van der Waals surface area contributed by atoms with Crippen LogP contribution in [0.3, 0.4) is 0 Å². The Labute approximate surface area is 681 Å². The second kappa shape index (κ2) is 24.6. The summed E-state index contributed by atoms with van der Waals surface area (Å²) in [4.78, 5) is 30.6. The minimum atomic E-state index is 0.906. The molecule has 0 bridgehead atoms. The third-order valence-electron chi connectivity index (χ3n) is 25.3. The fraction of sp³-hybridized carbons (Fsp3) is 0. The second-order valence-corrected chi connectivity index (χ2v) is 31.6. The molecule has 0 saturated carbocycles. The van der Waals surface area contributed by atoms with Crippen LogP contribution in [-0.4, -0.2) is 56.8 Å². The highest BCUT2D eigenvalue weighted by Crippen LogP contribution is 2.50. The lowest BCUT2D eigenvalue weighted by Gasteiger charge is -2.10. The topological polar surface area (TPSA) is 105 Å². The second-order valence-electron chi connectivity index (χ2n) is 31.6. The highest BCUT2D eigenvalue weighted by molar-refractivity contribution is 6.34. The molecule has 0 N–H and O–H groups in total. The van der Waals surface area contributed by atoms with E-state index in [2.05, 4.69) is 330 Å². The van der Waals surface area contributed by atoms with Gasteiger partial charge >= 0.3 is 0 Å². The molecule has 17 aromatic carbocycles. The average molecular weight is 1530 g/mol. The van der Waals surface area contributed by atoms with Crippen LogP contribution >= 0.6 is 0 Å². The van der Waals surface area contributed by atoms with Gasteiger partial charge in [-0.15, -0.1) is 0 Å². The summed E-state index contributed by atoms with van der Waals surface area (Å²) in [6.07, 6.45) is 0. The Morgan fingerprint density at radius 3 is 0.825 bits per heavy atom. The molecule has 0 aliphatic heterocycles. The van der Waals surface area contributed by atoms with Gasteiger partial charge in [-0.05, 0) is 131 Å². The summed E-state index contributed by atoms with van der Waals surface area (Å²) in [6.45, 7) is 0. The summed E-state index contributed by atoms with van der Waals surface area (Å²) in [7, 11) is 0. The van der Waals surface area contributed by atoms with Crippen LogP contribution in [0.5, 0.6) is 0 Å². The molecule has 0 aliphatic rings. The largest absolute Gasteiger partial charge is 0.309 e. The lowest BCUT2D eigenvalue weighted by atomic mass is 10.0. The van der Waals surface area contributed by atoms with Crippen molar-refractivity contribution in [3.63, 3.8) is 0 Å². The monoisotopic (exact) mass is 1530 g/mol. The van der Waals surface area contributed by atoms with E-state index in [0.717, 1.165) is 116 Å². The van der Waals surface area contributed by atoms with Crippen molar-refractivity contribution in [1.82, 2.24) is 56.8 Å². The molecule has 120 heavy (non-hydrogen) atoms. The summed E-state index contributed by atoms with van der Waals surface area (Å²) in [5.41, 5.74) is 33.7. The van der Waals surface area contributed by atoms with Crippen LogP contribution in [0, 0.1) is 0 Å². The van der Waals surface area contributed by atoms with Crippen molar-refractivity contribution in [3.8, 4) is 39.3 Å². The van der Waals surface area contributed by atoms with Crippen LogP contribution in [0.2, 0.25) is 0 Å². The Hall–Kier alpha value is -16.4. The van der Waals surface area contributed by atoms with Gasteiger partial charge in [-0.1, -0.05) is 267 Å². The van der Waals surface area contributed by atoms with Crippen molar-refractivity contribution in [2.45, 2.75) is 0 Å². The molecule has 29 rings (SSSR count). The number of nitrogens with zero attached hydrogens (tertiary/aromatic N) is 12. The first-order valence-electron chi connectivity index (χ1n) is 40.8. The number of hydrogen-bond donors (Lipinski definition) is 0. The molecular formula is C108H62N12. The molecule has 0 fully saturated rings. The minimum Gasteiger partial charge on any atom is -0.309 e. The van der Waals surface area contributed by atoms with Crippen LogP contribution in [0.25, 0.3) is 253 Å². The van der Waals surface area contributed by atoms with E-state index in [4.69, 9.17) is 29.9 Å². The van der Waals surface area contributed by atoms with Gasteiger partial charge in [-0.3, -0.25) is 13.2 Å². The first-order chi connectivity index (χ1) is 59.6. The van der Waals surface area contributed by atoms with Gasteiger partial charge in [0.25, 0.3) is 0 Å². The lowest BCUT2D eigenvalue weighted by Crippen LogP contribution is -1.94. The van der Waals surface area contributed by atoms with Gasteiger partial charge in [0.1, 0.15) is 16.6 Å². The van der Waals surface area contributed by atoms with E-state index >= 15 is 0 Å². The number of fused-ring (bicyclic) bond motifs is 33. The van der Waals surface area contributed by atoms with Crippen LogP contribution in [0.4, 0.5) is 0 Å². The predicted octanol–water partition coefficient (Wildman–Crippen LogP) is 27.0. The number of aromatic nitrogens is 12. The van der Waals surface area contributed by atoms with Crippen molar-refractivity contribution in [2.24, 2.45) is 0 Å². The first-order valence-corrected chi connectivity index (χ1v) is 40.8. The van der Waals surface area contributed by atoms with Crippen LogP contribution < -0.4 is 0 Å². The zero-order valence-electron chi connectivity index (χ0n) is 64.2. The van der Waals surface area contributed by atoms with Gasteiger partial charge in [-0.25, -0.2) is 29.9 Å². The van der Waals surface area contributed by atoms with Gasteiger partial charge in [0.15, 0.2) is 16.9 Å². The van der Waals surface area contributed by atoms with E-state index in [1.165, 1.54) is 137 Å². The number of rotatable bonds is 5. The summed E-state index contributed by atoms with van der Waals surface area (Å²) in [5.74, 6) is 0. The summed E-state index contributed by atoms with van der Waals surface area (Å²) in [6, 6.07) is 134. The fourth-order valence-corrected chi connectivity index (χ4v) is 20.3. The SMILES string of the molecule is c1ccc(-c2ccc(-n3c4ccccc4c4ccc5c(c6cccc7c8nc9ccccc9nc8n5c76)c43)cc2)cc1.c1ccc(-c2ccc3c4ccc5c(c6cccc7c8nc9ccccc9nc8n5c76)c4n(-c4ccccc4)c3c2)cc1.c1ccc(-n2c3ccccc3c3ccc4c(c5cccc6c7nc8ccccc8nc7n4c65)c32)cc1. The van der Waals surface area contributed by atoms with Crippen LogP contribution in [0.1, 0.15) is 0 Å². The van der Waals surface area contributed by atoms with E-state index in [1.54, 1.807) is 0 Å². The van der Waals surface area contributed by atoms with Gasteiger partial charge in [0.2, 0.25) is 0 Å². The molecule has 0 radical (unpaired) electrons. The van der Waals surface area contributed by atoms with Gasteiger partial charge in [0.05, 0.1) is 99.3 Å². The summed E-state index contributed by atoms with van der Waals surface area (Å²) < 4.78 is 14.3. The first kappa shape index (κ1) is 64.9. The minimum absolute atomic E-state index is 0.906. The van der Waals surface area contributed by atoms with Gasteiger partial charge in [-0.2, -0.15) is 0 Å². The molecule has 0 spiro atoms. The van der Waals surface area contributed by atoms with Crippen molar-refractivity contribution in [1.29, 1.82) is 0 Å². The quantitative estimate of drug-likeness (QED) is 0.170. The number of benzene rings is 17. The van der Waals surface area contributed by atoms with Gasteiger partial charge < -0.3 is 13.7 Å². The Kier molecular flexibility index (Phi) is 13.3. The van der Waals surface area contributed by atoms with Gasteiger partial charge in [0, 0.05) is 97.9 Å². The Bertz CT molecular complexity index is 9340. The summed E-state index contributed by atoms with van der Waals surface area (Å²) >= 11 is 0. The Balaban J connectivity index is 0.0000000955. The zero-order chi connectivity index (χ0) is 78.1. The van der Waals surface area contributed by atoms with E-state index in [0.29, 0.717) is 0 Å². The number of para-hydroxylation sites is 13. The smallest absolute Gasteiger partial charge is 0.165 e. The Morgan fingerprint density at radius 2 is 0.433 bits per heavy atom. The molecule has 0 atom stereocenters. The molecule has 0 saturated heterocycles. The molecule has 12 heterocycles. The van der Waals surface area contributed by atoms with Crippen molar-refractivity contribution in [2.75, 3.05) is 0 Å². The van der Waals surface area contributed by atoms with E-state index in [1.807, 2.05) is 72.8 Å². The number of hydrogen-bond acceptors (Lipinski definition) is 6. The molecule has 0 aliphatic carbocycles. The molecule has 12 heteroatoms. The molecule has 0 unspecified atom stereocenters. The molecular weight excluding hydrogens is 1470 g/mol. The zero-order valence-corrected chi connectivity index (χ0v) is 64.2. The van der Waals surface area contributed by atoms with Crippen molar-refractivity contribution in [3.05, 3.63) is 376 Å². The highest BCUT2D eigenvalue weighted by atomic mass is 15.1. The van der Waals surface area contributed by atoms with Crippen LogP contribution in [-0.2, 0) is 0 Å². The standard InChI is InChI=1S/2C38H22N4.C32H18N4/c1-3-10-23(11-4-1)24-18-19-26-27-20-21-32-34(37(27)41(33(26)22-24)25-12-5-2-6-13-25)28-14-9-15-29-35-38(42(32)36(28)29)40-31-17-8-7-16-30(31)39-35;1-2-9-23(10-3-1)24-17-19-25(20-18-24)41-32-16-7-4-11-26(32)27-21-22-33-34(37(27)41)28-12-8-13-29-35-38(42(33)36(28)29)40-31-15-6-5-14-30(31)39-35;1-2-9-19(10-3-1)35-26-16-7-4-11-20(26)21-17-18-27-28(31(21)35)22-12-8-13-23-29-32(36(27)30(22)23)34-25-15-6-5-14-24(25)33-29/h2*1-22H;1-18H. The van der Waals surface area contributed by atoms with Crippen molar-refractivity contribution >= 4 is 214 Å². The highest BCUT2D eigenvalue weighted by Gasteiger charge is 2.29. The van der Waals surface area contributed by atoms with E-state index in [9.17, 15) is 0 Å². The maximum absolute atomic E-state index is 5.16. The van der Waals surface area contributed by atoms with E-state index < -0.39 is 0 Å². The maximum atomic E-state index is 5.16. The lowest BCUT2D eigenvalue weighted by molar-refractivity contribution is 1.19. The normalized spacial score (nSPS) is 12.3. The van der Waals surface area contributed by atoms with E-state index in [-0.39, 0.29) is 0 Å². The molecule has 554 valence electrons. The maximum Gasteiger partial charge on any atom is 0.165 e. The average Bonchev–Trinajstić information content (AvgIpc) is 1.53. The summed E-state index contributed by atoms with van der Waals surface area (Å²) in [5, 5.41) is 18.4. The molecule has 0 amide bonds. The Morgan fingerprint density at radius 1 is 0.158 bits per heavy atom. The predicted molar refractivity (Wildman–Crippen MR) is 496 cm³/mol. The third kappa shape index (κ3) is 8.96.